The van der Waals surface area contributed by atoms with Gasteiger partial charge in [0.1, 0.15) is 0 Å². The lowest BCUT2D eigenvalue weighted by atomic mass is 9.72. The van der Waals surface area contributed by atoms with E-state index in [9.17, 15) is 4.79 Å². The number of nitrogens with zero attached hydrogens (tertiary/aromatic N) is 1. The molecule has 3 heteroatoms. The van der Waals surface area contributed by atoms with Crippen molar-refractivity contribution in [3.63, 3.8) is 0 Å². The summed E-state index contributed by atoms with van der Waals surface area (Å²) in [5.41, 5.74) is 6.13. The lowest BCUT2D eigenvalue weighted by molar-refractivity contribution is -0.145. The number of hydrogen-bond acceptors (Lipinski definition) is 2. The normalized spacial score (nSPS) is 26.9. The van der Waals surface area contributed by atoms with Gasteiger partial charge in [0.2, 0.25) is 5.91 Å². The van der Waals surface area contributed by atoms with Crippen molar-refractivity contribution < 1.29 is 4.79 Å². The van der Waals surface area contributed by atoms with Crippen LogP contribution in [0.2, 0.25) is 0 Å². The van der Waals surface area contributed by atoms with Gasteiger partial charge in [-0.05, 0) is 31.1 Å². The third kappa shape index (κ3) is 2.71. The SMILES string of the molecule is CC1(C)CCN(C(=O)C2(CN)CCCCC2)CC1. The maximum atomic E-state index is 12.8. The quantitative estimate of drug-likeness (QED) is 0.821. The largest absolute Gasteiger partial charge is 0.342 e. The summed E-state index contributed by atoms with van der Waals surface area (Å²) in [5, 5.41) is 0. The summed E-state index contributed by atoms with van der Waals surface area (Å²) < 4.78 is 0. The van der Waals surface area contributed by atoms with Gasteiger partial charge in [0.15, 0.2) is 0 Å². The van der Waals surface area contributed by atoms with Crippen LogP contribution in [-0.2, 0) is 4.79 Å². The lowest BCUT2D eigenvalue weighted by Crippen LogP contribution is -2.52. The smallest absolute Gasteiger partial charge is 0.230 e. The Morgan fingerprint density at radius 1 is 1.06 bits per heavy atom. The Morgan fingerprint density at radius 2 is 1.61 bits per heavy atom. The maximum Gasteiger partial charge on any atom is 0.230 e. The molecule has 2 fully saturated rings. The highest BCUT2D eigenvalue weighted by Crippen LogP contribution is 2.39. The summed E-state index contributed by atoms with van der Waals surface area (Å²) in [4.78, 5) is 14.8. The zero-order valence-corrected chi connectivity index (χ0v) is 12.0. The molecule has 0 spiro atoms. The van der Waals surface area contributed by atoms with Crippen LogP contribution in [0.25, 0.3) is 0 Å². The first-order valence-corrected chi connectivity index (χ1v) is 7.49. The maximum absolute atomic E-state index is 12.8. The molecule has 1 saturated carbocycles. The van der Waals surface area contributed by atoms with E-state index < -0.39 is 0 Å². The topological polar surface area (TPSA) is 46.3 Å². The Kier molecular flexibility index (Phi) is 4.00. The van der Waals surface area contributed by atoms with Gasteiger partial charge in [0, 0.05) is 19.6 Å². The zero-order chi connectivity index (χ0) is 13.2. The van der Waals surface area contributed by atoms with E-state index in [0.29, 0.717) is 17.9 Å². The standard InChI is InChI=1S/C15H28N2O/c1-14(2)8-10-17(11-9-14)13(18)15(12-16)6-4-3-5-7-15/h3-12,16H2,1-2H3. The molecule has 1 aliphatic heterocycles. The average molecular weight is 252 g/mol. The number of amides is 1. The molecule has 104 valence electrons. The zero-order valence-electron chi connectivity index (χ0n) is 12.0. The second-order valence-electron chi connectivity index (χ2n) is 7.00. The number of carbonyl (C=O) groups excluding carboxylic acids is 1. The van der Waals surface area contributed by atoms with E-state index in [-0.39, 0.29) is 5.41 Å². The molecule has 1 heterocycles. The van der Waals surface area contributed by atoms with E-state index >= 15 is 0 Å². The van der Waals surface area contributed by atoms with Crippen molar-refractivity contribution in [2.75, 3.05) is 19.6 Å². The van der Waals surface area contributed by atoms with Gasteiger partial charge in [0.05, 0.1) is 5.41 Å². The van der Waals surface area contributed by atoms with Crippen molar-refractivity contribution in [3.05, 3.63) is 0 Å². The van der Waals surface area contributed by atoms with Crippen LogP contribution in [0.3, 0.4) is 0 Å². The molecule has 3 nitrogen and oxygen atoms in total. The van der Waals surface area contributed by atoms with E-state index in [1.165, 1.54) is 19.3 Å². The van der Waals surface area contributed by atoms with Gasteiger partial charge in [-0.25, -0.2) is 0 Å². The van der Waals surface area contributed by atoms with E-state index in [4.69, 9.17) is 5.73 Å². The Hall–Kier alpha value is -0.570. The van der Waals surface area contributed by atoms with Crippen LogP contribution >= 0.6 is 0 Å². The predicted molar refractivity (Wildman–Crippen MR) is 74.2 cm³/mol. The first-order chi connectivity index (χ1) is 8.49. The Labute approximate surface area is 111 Å². The van der Waals surface area contributed by atoms with Crippen molar-refractivity contribution in [2.24, 2.45) is 16.6 Å². The van der Waals surface area contributed by atoms with E-state index in [2.05, 4.69) is 18.7 Å². The van der Waals surface area contributed by atoms with E-state index in [1.54, 1.807) is 0 Å². The van der Waals surface area contributed by atoms with Crippen LogP contribution in [0.5, 0.6) is 0 Å². The molecule has 0 unspecified atom stereocenters. The Bertz CT molecular complexity index is 296. The Morgan fingerprint density at radius 3 is 2.11 bits per heavy atom. The van der Waals surface area contributed by atoms with Gasteiger partial charge in [-0.15, -0.1) is 0 Å². The van der Waals surface area contributed by atoms with Crippen molar-refractivity contribution in [1.82, 2.24) is 4.90 Å². The molecule has 2 N–H and O–H groups in total. The molecule has 2 rings (SSSR count). The van der Waals surface area contributed by atoms with Gasteiger partial charge < -0.3 is 10.6 Å². The summed E-state index contributed by atoms with van der Waals surface area (Å²) in [5.74, 6) is 0.347. The summed E-state index contributed by atoms with van der Waals surface area (Å²) in [6.07, 6.45) is 7.86. The van der Waals surface area contributed by atoms with Crippen molar-refractivity contribution in [2.45, 2.75) is 58.8 Å². The molecule has 0 radical (unpaired) electrons. The van der Waals surface area contributed by atoms with Crippen molar-refractivity contribution >= 4 is 5.91 Å². The van der Waals surface area contributed by atoms with Crippen molar-refractivity contribution in [3.8, 4) is 0 Å². The van der Waals surface area contributed by atoms with Crippen LogP contribution in [0.4, 0.5) is 0 Å². The van der Waals surface area contributed by atoms with Crippen LogP contribution in [0.15, 0.2) is 0 Å². The molecule has 0 aromatic rings. The van der Waals surface area contributed by atoms with Gasteiger partial charge in [-0.1, -0.05) is 33.1 Å². The minimum absolute atomic E-state index is 0.222. The molecular formula is C15H28N2O. The Balaban J connectivity index is 2.01. The second kappa shape index (κ2) is 5.20. The van der Waals surface area contributed by atoms with Gasteiger partial charge in [-0.2, -0.15) is 0 Å². The van der Waals surface area contributed by atoms with Crippen LogP contribution in [0.1, 0.15) is 58.8 Å². The van der Waals surface area contributed by atoms with Crippen LogP contribution in [0, 0.1) is 10.8 Å². The molecule has 1 amide bonds. The summed E-state index contributed by atoms with van der Waals surface area (Å²) >= 11 is 0. The number of piperidine rings is 1. The average Bonchev–Trinajstić information content (AvgIpc) is 2.39. The first-order valence-electron chi connectivity index (χ1n) is 7.49. The number of likely N-dealkylation sites (tertiary alicyclic amines) is 1. The molecule has 0 aromatic heterocycles. The summed E-state index contributed by atoms with van der Waals surface area (Å²) in [6.45, 7) is 6.98. The van der Waals surface area contributed by atoms with E-state index in [0.717, 1.165) is 38.8 Å². The van der Waals surface area contributed by atoms with Crippen LogP contribution < -0.4 is 5.73 Å². The minimum Gasteiger partial charge on any atom is -0.342 e. The fraction of sp³-hybridized carbons (Fsp3) is 0.933. The highest BCUT2D eigenvalue weighted by Gasteiger charge is 2.42. The first kappa shape index (κ1) is 13.9. The van der Waals surface area contributed by atoms with Crippen molar-refractivity contribution in [1.29, 1.82) is 0 Å². The third-order valence-electron chi connectivity index (χ3n) is 5.06. The number of carbonyl (C=O) groups is 1. The summed E-state index contributed by atoms with van der Waals surface area (Å²) in [7, 11) is 0. The molecule has 0 atom stereocenters. The number of hydrogen-bond donors (Lipinski definition) is 1. The monoisotopic (exact) mass is 252 g/mol. The fourth-order valence-electron chi connectivity index (χ4n) is 3.38. The molecule has 18 heavy (non-hydrogen) atoms. The molecule has 1 saturated heterocycles. The van der Waals surface area contributed by atoms with Gasteiger partial charge in [-0.3, -0.25) is 4.79 Å². The number of nitrogens with two attached hydrogens (primary N) is 1. The molecule has 0 bridgehead atoms. The molecule has 1 aliphatic carbocycles. The number of rotatable bonds is 2. The minimum atomic E-state index is -0.222. The summed E-state index contributed by atoms with van der Waals surface area (Å²) in [6, 6.07) is 0. The van der Waals surface area contributed by atoms with Crippen LogP contribution in [-0.4, -0.2) is 30.4 Å². The van der Waals surface area contributed by atoms with Gasteiger partial charge >= 0.3 is 0 Å². The molecule has 0 aromatic carbocycles. The molecule has 2 aliphatic rings. The fourth-order valence-corrected chi connectivity index (χ4v) is 3.38. The lowest BCUT2D eigenvalue weighted by Gasteiger charge is -2.43. The highest BCUT2D eigenvalue weighted by atomic mass is 16.2. The van der Waals surface area contributed by atoms with Gasteiger partial charge in [0.25, 0.3) is 0 Å². The second-order valence-corrected chi connectivity index (χ2v) is 7.00. The molecular weight excluding hydrogens is 224 g/mol. The highest BCUT2D eigenvalue weighted by molar-refractivity contribution is 5.83. The predicted octanol–water partition coefficient (Wildman–Crippen LogP) is 2.54. The van der Waals surface area contributed by atoms with E-state index in [1.807, 2.05) is 0 Å². The third-order valence-corrected chi connectivity index (χ3v) is 5.06.